The first kappa shape index (κ1) is 17.7. The van der Waals surface area contributed by atoms with Crippen molar-refractivity contribution in [2.45, 2.75) is 70.3 Å². The standard InChI is InChI=1S/C24H34N2O/c1-17-13-25-9-8-20(17)26-21(27)24-12-18-10-22(2,15-24)14-23(11-18,16-24)19-6-4-3-5-7-19/h3-7,17-18,20,25H,8-16H2,1-2H3,(H,26,27). The lowest BCUT2D eigenvalue weighted by Gasteiger charge is -2.65. The first-order chi connectivity index (χ1) is 12.9. The van der Waals surface area contributed by atoms with E-state index in [1.54, 1.807) is 0 Å². The van der Waals surface area contributed by atoms with Gasteiger partial charge in [0.2, 0.25) is 5.91 Å². The number of hydrogen-bond donors (Lipinski definition) is 2. The van der Waals surface area contributed by atoms with Gasteiger partial charge in [-0.1, -0.05) is 44.2 Å². The molecule has 4 saturated carbocycles. The lowest BCUT2D eigenvalue weighted by molar-refractivity contribution is -0.161. The second-order valence-corrected chi connectivity index (χ2v) is 10.8. The van der Waals surface area contributed by atoms with E-state index in [1.807, 2.05) is 0 Å². The van der Waals surface area contributed by atoms with Crippen LogP contribution in [0.3, 0.4) is 0 Å². The van der Waals surface area contributed by atoms with Crippen LogP contribution in [0.25, 0.3) is 0 Å². The Morgan fingerprint density at radius 2 is 1.93 bits per heavy atom. The SMILES string of the molecule is CC1CNCCC1NC(=O)C12CC3CC(C)(C1)CC(c1ccccc1)(C3)C2. The molecular weight excluding hydrogens is 332 g/mol. The van der Waals surface area contributed by atoms with Crippen LogP contribution in [0.15, 0.2) is 30.3 Å². The minimum absolute atomic E-state index is 0.144. The maximum absolute atomic E-state index is 13.7. The third kappa shape index (κ3) is 2.85. The van der Waals surface area contributed by atoms with Crippen LogP contribution in [0.5, 0.6) is 0 Å². The summed E-state index contributed by atoms with van der Waals surface area (Å²) in [6.07, 6.45) is 8.19. The van der Waals surface area contributed by atoms with Gasteiger partial charge in [0.15, 0.2) is 0 Å². The molecule has 1 aromatic carbocycles. The van der Waals surface area contributed by atoms with Crippen LogP contribution in [-0.2, 0) is 10.2 Å². The number of amides is 1. The molecule has 2 N–H and O–H groups in total. The molecule has 6 rings (SSSR count). The number of rotatable bonds is 3. The highest BCUT2D eigenvalue weighted by Gasteiger charge is 2.64. The maximum atomic E-state index is 13.7. The molecule has 3 heteroatoms. The highest BCUT2D eigenvalue weighted by Crippen LogP contribution is 2.70. The first-order valence-electron chi connectivity index (χ1n) is 11.0. The third-order valence-electron chi connectivity index (χ3n) is 8.32. The Morgan fingerprint density at radius 3 is 2.67 bits per heavy atom. The molecule has 1 aliphatic heterocycles. The van der Waals surface area contributed by atoms with Gasteiger partial charge in [-0.05, 0) is 86.3 Å². The summed E-state index contributed by atoms with van der Waals surface area (Å²) in [5.74, 6) is 1.61. The number of piperidine rings is 1. The normalized spacial score (nSPS) is 45.6. The molecule has 27 heavy (non-hydrogen) atoms. The van der Waals surface area contributed by atoms with Crippen molar-refractivity contribution in [2.75, 3.05) is 13.1 Å². The molecule has 0 aromatic heterocycles. The van der Waals surface area contributed by atoms with E-state index in [0.29, 0.717) is 29.2 Å². The highest BCUT2D eigenvalue weighted by atomic mass is 16.2. The molecular formula is C24H34N2O. The zero-order valence-corrected chi connectivity index (χ0v) is 16.9. The van der Waals surface area contributed by atoms with Gasteiger partial charge < -0.3 is 10.6 Å². The van der Waals surface area contributed by atoms with Gasteiger partial charge in [-0.2, -0.15) is 0 Å². The zero-order valence-electron chi connectivity index (χ0n) is 16.9. The number of carbonyl (C=O) groups excluding carboxylic acids is 1. The Kier molecular flexibility index (Phi) is 3.99. The largest absolute Gasteiger partial charge is 0.353 e. The molecule has 0 spiro atoms. The molecule has 0 radical (unpaired) electrons. The molecule has 3 nitrogen and oxygen atoms in total. The summed E-state index contributed by atoms with van der Waals surface area (Å²) in [6.45, 7) is 6.77. The summed E-state index contributed by atoms with van der Waals surface area (Å²) >= 11 is 0. The van der Waals surface area contributed by atoms with E-state index in [9.17, 15) is 4.79 Å². The van der Waals surface area contributed by atoms with E-state index < -0.39 is 0 Å². The summed E-state index contributed by atoms with van der Waals surface area (Å²) in [6, 6.07) is 11.5. The van der Waals surface area contributed by atoms with E-state index in [4.69, 9.17) is 0 Å². The van der Waals surface area contributed by atoms with Gasteiger partial charge in [0.05, 0.1) is 5.41 Å². The minimum Gasteiger partial charge on any atom is -0.353 e. The van der Waals surface area contributed by atoms with Crippen molar-refractivity contribution >= 4 is 5.91 Å². The Morgan fingerprint density at radius 1 is 1.11 bits per heavy atom. The van der Waals surface area contributed by atoms with Crippen LogP contribution in [0, 0.1) is 22.7 Å². The Labute approximate surface area is 163 Å². The van der Waals surface area contributed by atoms with Crippen molar-refractivity contribution in [3.8, 4) is 0 Å². The van der Waals surface area contributed by atoms with Gasteiger partial charge in [-0.25, -0.2) is 0 Å². The fraction of sp³-hybridized carbons (Fsp3) is 0.708. The Hall–Kier alpha value is -1.35. The lowest BCUT2D eigenvalue weighted by Crippen LogP contribution is -2.63. The monoisotopic (exact) mass is 366 g/mol. The van der Waals surface area contributed by atoms with E-state index in [1.165, 1.54) is 24.8 Å². The predicted molar refractivity (Wildman–Crippen MR) is 108 cm³/mol. The first-order valence-corrected chi connectivity index (χ1v) is 11.0. The quantitative estimate of drug-likeness (QED) is 0.848. The van der Waals surface area contributed by atoms with E-state index in [0.717, 1.165) is 38.8 Å². The Balaban J connectivity index is 1.46. The lowest BCUT2D eigenvalue weighted by atomic mass is 9.38. The number of carbonyl (C=O) groups is 1. The predicted octanol–water partition coefficient (Wildman–Crippen LogP) is 4.03. The molecule has 6 unspecified atom stereocenters. The molecule has 6 atom stereocenters. The third-order valence-corrected chi connectivity index (χ3v) is 8.32. The molecule has 5 fully saturated rings. The minimum atomic E-state index is -0.144. The topological polar surface area (TPSA) is 41.1 Å². The highest BCUT2D eigenvalue weighted by molar-refractivity contribution is 5.84. The number of hydrogen-bond acceptors (Lipinski definition) is 2. The van der Waals surface area contributed by atoms with Gasteiger partial charge in [0, 0.05) is 6.04 Å². The second kappa shape index (κ2) is 6.07. The van der Waals surface area contributed by atoms with Crippen LogP contribution in [0.4, 0.5) is 0 Å². The average molecular weight is 367 g/mol. The number of nitrogens with one attached hydrogen (secondary N) is 2. The van der Waals surface area contributed by atoms with Gasteiger partial charge in [0.1, 0.15) is 0 Å². The van der Waals surface area contributed by atoms with Crippen molar-refractivity contribution in [3.05, 3.63) is 35.9 Å². The fourth-order valence-corrected chi connectivity index (χ4v) is 7.84. The molecule has 1 heterocycles. The second-order valence-electron chi connectivity index (χ2n) is 10.8. The molecule has 1 aromatic rings. The van der Waals surface area contributed by atoms with Crippen molar-refractivity contribution in [2.24, 2.45) is 22.7 Å². The van der Waals surface area contributed by atoms with Crippen LogP contribution in [0.1, 0.15) is 64.4 Å². The van der Waals surface area contributed by atoms with Crippen LogP contribution in [-0.4, -0.2) is 25.0 Å². The summed E-state index contributed by atoms with van der Waals surface area (Å²) in [5, 5.41) is 6.99. The van der Waals surface area contributed by atoms with Crippen molar-refractivity contribution in [1.29, 1.82) is 0 Å². The maximum Gasteiger partial charge on any atom is 0.226 e. The molecule has 1 saturated heterocycles. The molecule has 4 bridgehead atoms. The van der Waals surface area contributed by atoms with Crippen LogP contribution >= 0.6 is 0 Å². The van der Waals surface area contributed by atoms with Crippen LogP contribution < -0.4 is 10.6 Å². The summed E-state index contributed by atoms with van der Waals surface area (Å²) in [7, 11) is 0. The molecule has 4 aliphatic carbocycles. The van der Waals surface area contributed by atoms with Gasteiger partial charge >= 0.3 is 0 Å². The molecule has 1 amide bonds. The smallest absolute Gasteiger partial charge is 0.226 e. The van der Waals surface area contributed by atoms with Gasteiger partial charge in [-0.15, -0.1) is 0 Å². The van der Waals surface area contributed by atoms with Gasteiger partial charge in [-0.3, -0.25) is 4.79 Å². The van der Waals surface area contributed by atoms with Crippen LogP contribution in [0.2, 0.25) is 0 Å². The van der Waals surface area contributed by atoms with E-state index in [2.05, 4.69) is 54.8 Å². The number of benzene rings is 1. The van der Waals surface area contributed by atoms with Crippen molar-refractivity contribution < 1.29 is 4.79 Å². The average Bonchev–Trinajstić information content (AvgIpc) is 2.62. The van der Waals surface area contributed by atoms with E-state index in [-0.39, 0.29) is 10.8 Å². The van der Waals surface area contributed by atoms with Gasteiger partial charge in [0.25, 0.3) is 0 Å². The van der Waals surface area contributed by atoms with Crippen molar-refractivity contribution in [3.63, 3.8) is 0 Å². The summed E-state index contributed by atoms with van der Waals surface area (Å²) in [4.78, 5) is 13.7. The van der Waals surface area contributed by atoms with E-state index >= 15 is 0 Å². The summed E-state index contributed by atoms with van der Waals surface area (Å²) < 4.78 is 0. The summed E-state index contributed by atoms with van der Waals surface area (Å²) in [5.41, 5.74) is 1.88. The van der Waals surface area contributed by atoms with Crippen molar-refractivity contribution in [1.82, 2.24) is 10.6 Å². The molecule has 146 valence electrons. The molecule has 5 aliphatic rings. The zero-order chi connectivity index (χ0) is 18.7. The Bertz CT molecular complexity index is 733. The fourth-order valence-electron chi connectivity index (χ4n) is 7.84.